The van der Waals surface area contributed by atoms with Crippen LogP contribution >= 0.6 is 0 Å². The van der Waals surface area contributed by atoms with E-state index in [1.807, 2.05) is 4.90 Å². The summed E-state index contributed by atoms with van der Waals surface area (Å²) >= 11 is 0. The van der Waals surface area contributed by atoms with Gasteiger partial charge in [0.2, 0.25) is 5.91 Å². The van der Waals surface area contributed by atoms with Gasteiger partial charge in [0.1, 0.15) is 0 Å². The van der Waals surface area contributed by atoms with Gasteiger partial charge in [-0.05, 0) is 25.7 Å². The highest BCUT2D eigenvalue weighted by Crippen LogP contribution is 2.38. The number of hydrogen-bond donors (Lipinski definition) is 1. The van der Waals surface area contributed by atoms with Crippen molar-refractivity contribution in [3.8, 4) is 0 Å². The van der Waals surface area contributed by atoms with E-state index < -0.39 is 0 Å². The highest BCUT2D eigenvalue weighted by Gasteiger charge is 2.40. The maximum absolute atomic E-state index is 12.5. The predicted octanol–water partition coefficient (Wildman–Crippen LogP) is 0.656. The number of aromatic amines is 1. The minimum Gasteiger partial charge on any atom is -0.378 e. The van der Waals surface area contributed by atoms with E-state index in [1.54, 1.807) is 7.11 Å². The summed E-state index contributed by atoms with van der Waals surface area (Å²) in [7, 11) is 1.69. The minimum atomic E-state index is -0.244. The Morgan fingerprint density at radius 1 is 1.43 bits per heavy atom. The molecule has 3 rings (SSSR count). The van der Waals surface area contributed by atoms with Gasteiger partial charge >= 0.3 is 0 Å². The van der Waals surface area contributed by atoms with Crippen molar-refractivity contribution in [1.82, 2.24) is 14.9 Å². The lowest BCUT2D eigenvalue weighted by Crippen LogP contribution is -2.45. The summed E-state index contributed by atoms with van der Waals surface area (Å²) in [5.74, 6) is 0.126. The Morgan fingerprint density at radius 3 is 2.86 bits per heavy atom. The molecule has 114 valence electrons. The molecular weight excluding hydrogens is 270 g/mol. The first kappa shape index (κ1) is 14.3. The topological polar surface area (TPSA) is 75.3 Å². The van der Waals surface area contributed by atoms with Gasteiger partial charge in [0.25, 0.3) is 5.56 Å². The average molecular weight is 291 g/mol. The standard InChI is InChI=1S/C15H21N3O3/c1-21-15(5-2-6-15)9-13(19)18-7-3-11-12(4-8-18)16-10-17-14(11)20/h10H,2-9H2,1H3,(H,16,17,20). The quantitative estimate of drug-likeness (QED) is 0.887. The molecule has 6 nitrogen and oxygen atoms in total. The molecular formula is C15H21N3O3. The van der Waals surface area contributed by atoms with Crippen molar-refractivity contribution in [2.24, 2.45) is 0 Å². The van der Waals surface area contributed by atoms with Crippen LogP contribution < -0.4 is 5.56 Å². The van der Waals surface area contributed by atoms with E-state index in [0.29, 0.717) is 32.4 Å². The maximum atomic E-state index is 12.5. The van der Waals surface area contributed by atoms with Crippen molar-refractivity contribution >= 4 is 5.91 Å². The van der Waals surface area contributed by atoms with Crippen LogP contribution in [0, 0.1) is 0 Å². The van der Waals surface area contributed by atoms with Gasteiger partial charge in [0, 0.05) is 32.2 Å². The Morgan fingerprint density at radius 2 is 2.19 bits per heavy atom. The van der Waals surface area contributed by atoms with E-state index in [2.05, 4.69) is 9.97 Å². The third-order valence-corrected chi connectivity index (χ3v) is 4.81. The van der Waals surface area contributed by atoms with Crippen LogP contribution in [0.2, 0.25) is 0 Å². The van der Waals surface area contributed by atoms with Crippen LogP contribution in [0.4, 0.5) is 0 Å². The fraction of sp³-hybridized carbons (Fsp3) is 0.667. The first-order valence-electron chi connectivity index (χ1n) is 7.52. The summed E-state index contributed by atoms with van der Waals surface area (Å²) < 4.78 is 5.53. The van der Waals surface area contributed by atoms with Crippen LogP contribution in [0.25, 0.3) is 0 Å². The monoisotopic (exact) mass is 291 g/mol. The van der Waals surface area contributed by atoms with Crippen molar-refractivity contribution in [2.75, 3.05) is 20.2 Å². The third kappa shape index (κ3) is 2.72. The van der Waals surface area contributed by atoms with Gasteiger partial charge in [-0.15, -0.1) is 0 Å². The van der Waals surface area contributed by atoms with Crippen molar-refractivity contribution in [2.45, 2.75) is 44.1 Å². The van der Waals surface area contributed by atoms with E-state index >= 15 is 0 Å². The molecule has 1 amide bonds. The van der Waals surface area contributed by atoms with Crippen LogP contribution in [0.3, 0.4) is 0 Å². The zero-order valence-electron chi connectivity index (χ0n) is 12.4. The minimum absolute atomic E-state index is 0.0818. The van der Waals surface area contributed by atoms with Crippen molar-refractivity contribution in [1.29, 1.82) is 0 Å². The van der Waals surface area contributed by atoms with Gasteiger partial charge in [0.05, 0.1) is 24.0 Å². The number of ether oxygens (including phenoxy) is 1. The number of nitrogens with zero attached hydrogens (tertiary/aromatic N) is 2. The molecule has 2 aliphatic rings. The number of methoxy groups -OCH3 is 1. The molecule has 0 bridgehead atoms. The summed E-state index contributed by atoms with van der Waals surface area (Å²) in [6, 6.07) is 0. The number of nitrogens with one attached hydrogen (secondary N) is 1. The molecule has 0 saturated heterocycles. The first-order chi connectivity index (χ1) is 10.1. The molecule has 1 N–H and O–H groups in total. The average Bonchev–Trinajstić information content (AvgIpc) is 2.66. The summed E-state index contributed by atoms with van der Waals surface area (Å²) in [6.07, 6.45) is 6.16. The highest BCUT2D eigenvalue weighted by molar-refractivity contribution is 5.77. The summed E-state index contributed by atoms with van der Waals surface area (Å²) in [5, 5.41) is 0. The van der Waals surface area contributed by atoms with Gasteiger partial charge in [0.15, 0.2) is 0 Å². The van der Waals surface area contributed by atoms with Crippen molar-refractivity contribution in [3.05, 3.63) is 27.9 Å². The SMILES string of the molecule is COC1(CC(=O)N2CCc3nc[nH]c(=O)c3CC2)CCC1. The lowest BCUT2D eigenvalue weighted by molar-refractivity contribution is -0.144. The Hall–Kier alpha value is -1.69. The Labute approximate surface area is 123 Å². The zero-order valence-corrected chi connectivity index (χ0v) is 12.4. The number of H-pyrrole nitrogens is 1. The second-order valence-corrected chi connectivity index (χ2v) is 5.96. The molecule has 1 aromatic rings. The maximum Gasteiger partial charge on any atom is 0.254 e. The lowest BCUT2D eigenvalue weighted by atomic mass is 9.77. The fourth-order valence-corrected chi connectivity index (χ4v) is 3.20. The van der Waals surface area contributed by atoms with E-state index in [-0.39, 0.29) is 17.1 Å². The number of hydrogen-bond acceptors (Lipinski definition) is 4. The molecule has 21 heavy (non-hydrogen) atoms. The van der Waals surface area contributed by atoms with Crippen LogP contribution in [-0.4, -0.2) is 46.6 Å². The Balaban J connectivity index is 1.68. The third-order valence-electron chi connectivity index (χ3n) is 4.81. The molecule has 1 aliphatic carbocycles. The molecule has 6 heteroatoms. The Kier molecular flexibility index (Phi) is 3.80. The second kappa shape index (κ2) is 5.60. The van der Waals surface area contributed by atoms with Gasteiger partial charge in [-0.1, -0.05) is 0 Å². The number of carbonyl (C=O) groups excluding carboxylic acids is 1. The highest BCUT2D eigenvalue weighted by atomic mass is 16.5. The van der Waals surface area contributed by atoms with Crippen molar-refractivity contribution < 1.29 is 9.53 Å². The number of aromatic nitrogens is 2. The largest absolute Gasteiger partial charge is 0.378 e. The molecule has 1 saturated carbocycles. The number of carbonyl (C=O) groups is 1. The smallest absolute Gasteiger partial charge is 0.254 e. The summed E-state index contributed by atoms with van der Waals surface area (Å²) in [6.45, 7) is 1.21. The van der Waals surface area contributed by atoms with E-state index in [9.17, 15) is 9.59 Å². The van der Waals surface area contributed by atoms with E-state index in [1.165, 1.54) is 6.33 Å². The lowest BCUT2D eigenvalue weighted by Gasteiger charge is -2.41. The number of rotatable bonds is 3. The van der Waals surface area contributed by atoms with Crippen molar-refractivity contribution in [3.63, 3.8) is 0 Å². The van der Waals surface area contributed by atoms with Gasteiger partial charge in [-0.25, -0.2) is 4.98 Å². The van der Waals surface area contributed by atoms with Crippen LogP contribution in [-0.2, 0) is 22.4 Å². The van der Waals surface area contributed by atoms with Gasteiger partial charge in [-0.3, -0.25) is 9.59 Å². The summed E-state index contributed by atoms with van der Waals surface area (Å²) in [4.78, 5) is 33.0. The molecule has 2 heterocycles. The summed E-state index contributed by atoms with van der Waals surface area (Å²) in [5.41, 5.74) is 1.21. The van der Waals surface area contributed by atoms with Gasteiger partial charge in [-0.2, -0.15) is 0 Å². The molecule has 0 atom stereocenters. The molecule has 0 aromatic carbocycles. The zero-order chi connectivity index (χ0) is 14.9. The number of amides is 1. The van der Waals surface area contributed by atoms with Crippen LogP contribution in [0.1, 0.15) is 36.9 Å². The Bertz CT molecular complexity index is 587. The van der Waals surface area contributed by atoms with Gasteiger partial charge < -0.3 is 14.6 Å². The number of fused-ring (bicyclic) bond motifs is 1. The molecule has 1 fully saturated rings. The molecule has 1 aliphatic heterocycles. The molecule has 0 unspecified atom stereocenters. The fourth-order valence-electron chi connectivity index (χ4n) is 3.20. The van der Waals surface area contributed by atoms with E-state index in [4.69, 9.17) is 4.74 Å². The van der Waals surface area contributed by atoms with E-state index in [0.717, 1.165) is 30.5 Å². The van der Waals surface area contributed by atoms with Crippen LogP contribution in [0.5, 0.6) is 0 Å². The first-order valence-corrected chi connectivity index (χ1v) is 7.52. The molecule has 0 spiro atoms. The van der Waals surface area contributed by atoms with Crippen LogP contribution in [0.15, 0.2) is 11.1 Å². The molecule has 0 radical (unpaired) electrons. The second-order valence-electron chi connectivity index (χ2n) is 5.96. The predicted molar refractivity (Wildman–Crippen MR) is 77.1 cm³/mol. The molecule has 1 aromatic heterocycles. The normalized spacial score (nSPS) is 20.3.